The van der Waals surface area contributed by atoms with Gasteiger partial charge in [-0.1, -0.05) is 22.0 Å². The van der Waals surface area contributed by atoms with E-state index < -0.39 is 6.10 Å². The normalized spacial score (nSPS) is 19.1. The van der Waals surface area contributed by atoms with Gasteiger partial charge in [0, 0.05) is 23.8 Å². The fourth-order valence-electron chi connectivity index (χ4n) is 2.83. The summed E-state index contributed by atoms with van der Waals surface area (Å²) >= 11 is 3.56. The van der Waals surface area contributed by atoms with Crippen LogP contribution < -0.4 is 4.90 Å². The van der Waals surface area contributed by atoms with Crippen LogP contribution in [0.5, 0.6) is 0 Å². The standard InChI is InChI=1S/C16H25BrN2O/c1-12(20)15-5-4-14(10-16(15)17)19(3)11-13-6-8-18(2)9-7-13/h4-5,10,12-13,20H,6-9,11H2,1-3H3/t12-/m0/s1. The molecule has 2 rings (SSSR count). The maximum Gasteiger partial charge on any atom is 0.0772 e. The molecule has 1 N–H and O–H groups in total. The van der Waals surface area contributed by atoms with Crippen molar-refractivity contribution >= 4 is 21.6 Å². The number of aliphatic hydroxyl groups is 1. The van der Waals surface area contributed by atoms with Gasteiger partial charge < -0.3 is 14.9 Å². The highest BCUT2D eigenvalue weighted by atomic mass is 79.9. The van der Waals surface area contributed by atoms with E-state index in [1.54, 1.807) is 6.92 Å². The SMILES string of the molecule is C[C@H](O)c1ccc(N(C)CC2CCN(C)CC2)cc1Br. The fraction of sp³-hybridized carbons (Fsp3) is 0.625. The van der Waals surface area contributed by atoms with Crippen LogP contribution in [-0.2, 0) is 0 Å². The lowest BCUT2D eigenvalue weighted by Gasteiger charge is -2.32. The molecule has 4 heteroatoms. The van der Waals surface area contributed by atoms with E-state index in [0.717, 1.165) is 22.5 Å². The number of hydrogen-bond acceptors (Lipinski definition) is 3. The highest BCUT2D eigenvalue weighted by molar-refractivity contribution is 9.10. The molecule has 3 nitrogen and oxygen atoms in total. The van der Waals surface area contributed by atoms with E-state index in [-0.39, 0.29) is 0 Å². The molecule has 112 valence electrons. The zero-order chi connectivity index (χ0) is 14.7. The average molecular weight is 341 g/mol. The van der Waals surface area contributed by atoms with Gasteiger partial charge in [-0.3, -0.25) is 0 Å². The van der Waals surface area contributed by atoms with E-state index in [2.05, 4.69) is 52.0 Å². The topological polar surface area (TPSA) is 26.7 Å². The van der Waals surface area contributed by atoms with Crippen LogP contribution in [0.25, 0.3) is 0 Å². The molecule has 0 spiro atoms. The summed E-state index contributed by atoms with van der Waals surface area (Å²) in [7, 11) is 4.36. The minimum Gasteiger partial charge on any atom is -0.389 e. The third kappa shape index (κ3) is 3.96. The van der Waals surface area contributed by atoms with Crippen molar-refractivity contribution in [3.05, 3.63) is 28.2 Å². The minimum atomic E-state index is -0.433. The molecule has 0 bridgehead atoms. The Morgan fingerprint density at radius 1 is 1.40 bits per heavy atom. The van der Waals surface area contributed by atoms with Gasteiger partial charge in [0.2, 0.25) is 0 Å². The summed E-state index contributed by atoms with van der Waals surface area (Å²) in [5.74, 6) is 0.784. The number of anilines is 1. The molecule has 1 aliphatic rings. The predicted molar refractivity (Wildman–Crippen MR) is 88.3 cm³/mol. The monoisotopic (exact) mass is 340 g/mol. The lowest BCUT2D eigenvalue weighted by molar-refractivity contribution is 0.198. The van der Waals surface area contributed by atoms with Crippen molar-refractivity contribution in [3.8, 4) is 0 Å². The van der Waals surface area contributed by atoms with Gasteiger partial charge >= 0.3 is 0 Å². The number of nitrogens with zero attached hydrogens (tertiary/aromatic N) is 2. The van der Waals surface area contributed by atoms with E-state index in [0.29, 0.717) is 0 Å². The number of rotatable bonds is 4. The van der Waals surface area contributed by atoms with Gasteiger partial charge in [-0.15, -0.1) is 0 Å². The number of halogens is 1. The van der Waals surface area contributed by atoms with Gasteiger partial charge in [-0.2, -0.15) is 0 Å². The van der Waals surface area contributed by atoms with Crippen molar-refractivity contribution in [2.75, 3.05) is 38.6 Å². The molecule has 1 heterocycles. The van der Waals surface area contributed by atoms with Crippen LogP contribution in [0.2, 0.25) is 0 Å². The predicted octanol–water partition coefficient (Wildman–Crippen LogP) is 3.28. The first-order chi connectivity index (χ1) is 9.47. The number of aliphatic hydroxyl groups excluding tert-OH is 1. The Balaban J connectivity index is 1.98. The van der Waals surface area contributed by atoms with Crippen molar-refractivity contribution in [3.63, 3.8) is 0 Å². The highest BCUT2D eigenvalue weighted by Gasteiger charge is 2.18. The van der Waals surface area contributed by atoms with Gasteiger partial charge in [0.1, 0.15) is 0 Å². The Hall–Kier alpha value is -0.580. The molecule has 0 saturated carbocycles. The molecule has 1 atom stereocenters. The summed E-state index contributed by atoms with van der Waals surface area (Å²) in [4.78, 5) is 4.73. The van der Waals surface area contributed by atoms with Gasteiger partial charge in [0.25, 0.3) is 0 Å². The second-order valence-electron chi connectivity index (χ2n) is 6.01. The summed E-state index contributed by atoms with van der Waals surface area (Å²) < 4.78 is 0.986. The number of hydrogen-bond donors (Lipinski definition) is 1. The van der Waals surface area contributed by atoms with Crippen LogP contribution in [0.3, 0.4) is 0 Å². The molecule has 1 aliphatic heterocycles. The van der Waals surface area contributed by atoms with Crippen molar-refractivity contribution in [1.29, 1.82) is 0 Å². The first-order valence-electron chi connectivity index (χ1n) is 7.34. The molecule has 0 aliphatic carbocycles. The van der Waals surface area contributed by atoms with Gasteiger partial charge in [-0.05, 0) is 63.5 Å². The molecule has 1 aromatic rings. The van der Waals surface area contributed by atoms with Crippen LogP contribution in [0.4, 0.5) is 5.69 Å². The van der Waals surface area contributed by atoms with E-state index in [1.807, 2.05) is 6.07 Å². The lowest BCUT2D eigenvalue weighted by Crippen LogP contribution is -2.35. The number of piperidine rings is 1. The van der Waals surface area contributed by atoms with Gasteiger partial charge in [0.05, 0.1) is 6.10 Å². The molecular formula is C16H25BrN2O. The Morgan fingerprint density at radius 2 is 2.05 bits per heavy atom. The third-order valence-electron chi connectivity index (χ3n) is 4.25. The van der Waals surface area contributed by atoms with E-state index in [9.17, 15) is 5.11 Å². The summed E-state index contributed by atoms with van der Waals surface area (Å²) in [5.41, 5.74) is 2.15. The zero-order valence-corrected chi connectivity index (χ0v) is 14.2. The van der Waals surface area contributed by atoms with Crippen LogP contribution >= 0.6 is 15.9 Å². The summed E-state index contributed by atoms with van der Waals surface area (Å²) in [6.45, 7) is 5.32. The molecule has 20 heavy (non-hydrogen) atoms. The van der Waals surface area contributed by atoms with Crippen molar-refractivity contribution in [2.24, 2.45) is 5.92 Å². The second kappa shape index (κ2) is 6.92. The van der Waals surface area contributed by atoms with Crippen LogP contribution in [0.1, 0.15) is 31.4 Å². The molecule has 1 fully saturated rings. The minimum absolute atomic E-state index is 0.433. The summed E-state index contributed by atoms with van der Waals surface area (Å²) in [6, 6.07) is 6.22. The smallest absolute Gasteiger partial charge is 0.0772 e. The van der Waals surface area contributed by atoms with Crippen LogP contribution in [0, 0.1) is 5.92 Å². The Bertz CT molecular complexity index is 442. The maximum absolute atomic E-state index is 9.67. The van der Waals surface area contributed by atoms with Crippen molar-refractivity contribution in [2.45, 2.75) is 25.9 Å². The lowest BCUT2D eigenvalue weighted by atomic mass is 9.96. The maximum atomic E-state index is 9.67. The first-order valence-corrected chi connectivity index (χ1v) is 8.14. The Morgan fingerprint density at radius 3 is 2.60 bits per heavy atom. The molecule has 0 amide bonds. The van der Waals surface area contributed by atoms with Gasteiger partial charge in [-0.25, -0.2) is 0 Å². The highest BCUT2D eigenvalue weighted by Crippen LogP contribution is 2.29. The fourth-order valence-corrected chi connectivity index (χ4v) is 3.53. The first kappa shape index (κ1) is 15.8. The molecule has 1 saturated heterocycles. The molecule has 1 aromatic carbocycles. The van der Waals surface area contributed by atoms with E-state index in [1.165, 1.54) is 31.6 Å². The summed E-state index contributed by atoms with van der Waals surface area (Å²) in [5, 5.41) is 9.67. The second-order valence-corrected chi connectivity index (χ2v) is 6.86. The van der Waals surface area contributed by atoms with Crippen molar-refractivity contribution in [1.82, 2.24) is 4.90 Å². The molecule has 0 radical (unpaired) electrons. The van der Waals surface area contributed by atoms with Crippen LogP contribution in [-0.4, -0.2) is 43.7 Å². The number of likely N-dealkylation sites (tertiary alicyclic amines) is 1. The molecule has 0 unspecified atom stereocenters. The van der Waals surface area contributed by atoms with Crippen LogP contribution in [0.15, 0.2) is 22.7 Å². The Labute approximate surface area is 130 Å². The number of benzene rings is 1. The zero-order valence-electron chi connectivity index (χ0n) is 12.6. The molecular weight excluding hydrogens is 316 g/mol. The summed E-state index contributed by atoms with van der Waals surface area (Å²) in [6.07, 6.45) is 2.14. The largest absolute Gasteiger partial charge is 0.389 e. The third-order valence-corrected chi connectivity index (χ3v) is 4.93. The van der Waals surface area contributed by atoms with Crippen molar-refractivity contribution < 1.29 is 5.11 Å². The quantitative estimate of drug-likeness (QED) is 0.911. The average Bonchev–Trinajstić information content (AvgIpc) is 2.40. The molecule has 0 aromatic heterocycles. The van der Waals surface area contributed by atoms with E-state index >= 15 is 0 Å². The van der Waals surface area contributed by atoms with Gasteiger partial charge in [0.15, 0.2) is 0 Å². The van der Waals surface area contributed by atoms with E-state index in [4.69, 9.17) is 0 Å². The Kier molecular flexibility index (Phi) is 5.47.